The minimum Gasteiger partial charge on any atom is -0.505 e. The van der Waals surface area contributed by atoms with Gasteiger partial charge in [-0.1, -0.05) is 6.07 Å². The third kappa shape index (κ3) is 4.16. The van der Waals surface area contributed by atoms with Crippen molar-refractivity contribution < 1.29 is 14.4 Å². The van der Waals surface area contributed by atoms with Crippen LogP contribution in [0, 0.1) is 0 Å². The van der Waals surface area contributed by atoms with Crippen molar-refractivity contribution in [2.45, 2.75) is 32.6 Å². The first-order valence-electron chi connectivity index (χ1n) is 10.7. The molecule has 0 radical (unpaired) electrons. The fraction of sp³-hybridized carbons (Fsp3) is 0.435. The molecule has 1 aliphatic carbocycles. The molecule has 0 aromatic carbocycles. The summed E-state index contributed by atoms with van der Waals surface area (Å²) >= 11 is 0. The van der Waals surface area contributed by atoms with Gasteiger partial charge < -0.3 is 14.9 Å². The minimum absolute atomic E-state index is 0.0775. The predicted octanol–water partition coefficient (Wildman–Crippen LogP) is 3.81. The van der Waals surface area contributed by atoms with E-state index in [-0.39, 0.29) is 11.5 Å². The Morgan fingerprint density at radius 3 is 2.83 bits per heavy atom. The number of quaternary nitrogens is 1. The van der Waals surface area contributed by atoms with Gasteiger partial charge in [0.15, 0.2) is 11.6 Å². The van der Waals surface area contributed by atoms with Gasteiger partial charge in [0.2, 0.25) is 0 Å². The highest BCUT2D eigenvalue weighted by Gasteiger charge is 2.24. The van der Waals surface area contributed by atoms with E-state index < -0.39 is 0 Å². The SMILES string of the molecule is CC1=C(O)/C(=N/c2c(NCCC[N+]3(C)CCCCC3)nn3ccccc23)C=CC1=O. The summed E-state index contributed by atoms with van der Waals surface area (Å²) in [5.74, 6) is 0.413. The first kappa shape index (κ1) is 20.3. The number of hydrogen-bond acceptors (Lipinski definition) is 5. The zero-order valence-electron chi connectivity index (χ0n) is 17.8. The number of piperidine rings is 1. The molecule has 2 aromatic rings. The Hall–Kier alpha value is -2.93. The molecular weight excluding hydrogens is 378 g/mol. The number of carbonyl (C=O) groups is 1. The molecule has 0 spiro atoms. The van der Waals surface area contributed by atoms with Crippen LogP contribution >= 0.6 is 0 Å². The third-order valence-corrected chi connectivity index (χ3v) is 6.17. The molecule has 30 heavy (non-hydrogen) atoms. The maximum atomic E-state index is 11.8. The highest BCUT2D eigenvalue weighted by molar-refractivity contribution is 6.21. The maximum Gasteiger partial charge on any atom is 0.185 e. The smallest absolute Gasteiger partial charge is 0.185 e. The van der Waals surface area contributed by atoms with Crippen molar-refractivity contribution in [3.8, 4) is 0 Å². The topological polar surface area (TPSA) is 79.0 Å². The van der Waals surface area contributed by atoms with Gasteiger partial charge in [0.05, 0.1) is 32.2 Å². The van der Waals surface area contributed by atoms with Crippen molar-refractivity contribution in [3.05, 3.63) is 47.9 Å². The molecule has 2 aromatic heterocycles. The lowest BCUT2D eigenvalue weighted by Crippen LogP contribution is -2.48. The standard InChI is InChI=1S/C23H29N5O2/c1-17-20(29)11-10-18(22(17)30)25-21-19-9-4-5-13-27(19)26-23(21)24-12-8-16-28(2)14-6-3-7-15-28/h4-5,9-11,13H,3,6-8,12,14-16H2,1-2H3,(H-,24,26,29,30)/p+1/b25-18+. The van der Waals surface area contributed by atoms with Gasteiger partial charge in [-0.25, -0.2) is 9.51 Å². The average Bonchev–Trinajstić information content (AvgIpc) is 3.09. The lowest BCUT2D eigenvalue weighted by molar-refractivity contribution is -0.914. The van der Waals surface area contributed by atoms with Crippen LogP contribution in [-0.4, -0.2) is 63.9 Å². The number of ketones is 1. The first-order valence-corrected chi connectivity index (χ1v) is 10.7. The van der Waals surface area contributed by atoms with Gasteiger partial charge in [-0.15, -0.1) is 5.10 Å². The fourth-order valence-electron chi connectivity index (χ4n) is 4.26. The number of aliphatic hydroxyl groups is 1. The summed E-state index contributed by atoms with van der Waals surface area (Å²) in [7, 11) is 2.36. The number of likely N-dealkylation sites (tertiary alicyclic amines) is 1. The van der Waals surface area contributed by atoms with E-state index in [1.54, 1.807) is 17.5 Å². The summed E-state index contributed by atoms with van der Waals surface area (Å²) in [5.41, 5.74) is 2.20. The quantitative estimate of drug-likeness (QED) is 0.433. The highest BCUT2D eigenvalue weighted by atomic mass is 16.3. The predicted molar refractivity (Wildman–Crippen MR) is 120 cm³/mol. The van der Waals surface area contributed by atoms with Crippen LogP contribution in [0.25, 0.3) is 5.52 Å². The van der Waals surface area contributed by atoms with E-state index in [0.717, 1.165) is 29.5 Å². The van der Waals surface area contributed by atoms with E-state index >= 15 is 0 Å². The first-order chi connectivity index (χ1) is 14.5. The molecule has 2 aliphatic rings. The summed E-state index contributed by atoms with van der Waals surface area (Å²) in [4.78, 5) is 16.4. The van der Waals surface area contributed by atoms with Crippen LogP contribution in [0.3, 0.4) is 0 Å². The van der Waals surface area contributed by atoms with Crippen LogP contribution in [-0.2, 0) is 4.79 Å². The number of pyridine rings is 1. The van der Waals surface area contributed by atoms with Gasteiger partial charge in [0.25, 0.3) is 0 Å². The maximum absolute atomic E-state index is 11.8. The van der Waals surface area contributed by atoms with Crippen molar-refractivity contribution in [1.29, 1.82) is 0 Å². The zero-order chi connectivity index (χ0) is 21.1. The molecule has 7 nitrogen and oxygen atoms in total. The minimum atomic E-state index is -0.195. The summed E-state index contributed by atoms with van der Waals surface area (Å²) in [6.45, 7) is 6.10. The molecule has 3 heterocycles. The number of carbonyl (C=O) groups excluding carboxylic acids is 1. The summed E-state index contributed by atoms with van der Waals surface area (Å²) in [5, 5.41) is 18.5. The van der Waals surface area contributed by atoms with Crippen LogP contribution in [0.2, 0.25) is 0 Å². The molecule has 0 bridgehead atoms. The van der Waals surface area contributed by atoms with Gasteiger partial charge in [0, 0.05) is 24.7 Å². The molecule has 0 saturated carbocycles. The van der Waals surface area contributed by atoms with E-state index in [1.165, 1.54) is 38.4 Å². The Kier molecular flexibility index (Phi) is 5.72. The number of aromatic nitrogens is 2. The molecule has 2 N–H and O–H groups in total. The zero-order valence-corrected chi connectivity index (χ0v) is 17.8. The molecule has 1 saturated heterocycles. The molecule has 1 fully saturated rings. The molecular formula is C23H30N5O2+. The molecule has 158 valence electrons. The van der Waals surface area contributed by atoms with Crippen molar-refractivity contribution in [2.24, 2.45) is 4.99 Å². The summed E-state index contributed by atoms with van der Waals surface area (Å²) in [6.07, 6.45) is 9.94. The number of rotatable bonds is 6. The number of anilines is 1. The Morgan fingerprint density at radius 1 is 1.23 bits per heavy atom. The fourth-order valence-corrected chi connectivity index (χ4v) is 4.26. The molecule has 0 amide bonds. The monoisotopic (exact) mass is 408 g/mol. The second-order valence-corrected chi connectivity index (χ2v) is 8.53. The normalized spacial score (nSPS) is 20.3. The largest absolute Gasteiger partial charge is 0.505 e. The van der Waals surface area contributed by atoms with Gasteiger partial charge >= 0.3 is 0 Å². The summed E-state index contributed by atoms with van der Waals surface area (Å²) < 4.78 is 2.93. The number of hydrogen-bond donors (Lipinski definition) is 2. The lowest BCUT2D eigenvalue weighted by Gasteiger charge is -2.37. The summed E-state index contributed by atoms with van der Waals surface area (Å²) in [6, 6.07) is 5.80. The number of allylic oxidation sites excluding steroid dienone is 3. The molecule has 0 unspecified atom stereocenters. The lowest BCUT2D eigenvalue weighted by atomic mass is 10.0. The number of aliphatic imine (C=N–C) groups is 1. The molecule has 7 heteroatoms. The van der Waals surface area contributed by atoms with Crippen molar-refractivity contribution in [3.63, 3.8) is 0 Å². The van der Waals surface area contributed by atoms with E-state index in [2.05, 4.69) is 22.5 Å². The Balaban J connectivity index is 1.55. The van der Waals surface area contributed by atoms with Gasteiger partial charge in [-0.3, -0.25) is 4.79 Å². The molecule has 4 rings (SSSR count). The van der Waals surface area contributed by atoms with Crippen LogP contribution in [0.1, 0.15) is 32.6 Å². The van der Waals surface area contributed by atoms with Crippen molar-refractivity contribution >= 4 is 28.5 Å². The van der Waals surface area contributed by atoms with Gasteiger partial charge in [-0.2, -0.15) is 0 Å². The second-order valence-electron chi connectivity index (χ2n) is 8.53. The Morgan fingerprint density at radius 2 is 2.03 bits per heavy atom. The van der Waals surface area contributed by atoms with Crippen LogP contribution in [0.5, 0.6) is 0 Å². The Bertz CT molecular complexity index is 1040. The van der Waals surface area contributed by atoms with Crippen LogP contribution in [0.15, 0.2) is 52.9 Å². The Labute approximate surface area is 177 Å². The van der Waals surface area contributed by atoms with Crippen molar-refractivity contribution in [1.82, 2.24) is 9.61 Å². The van der Waals surface area contributed by atoms with Gasteiger partial charge in [-0.05, 0) is 50.5 Å². The molecule has 1 aliphatic heterocycles. The number of nitrogens with zero attached hydrogens (tertiary/aromatic N) is 4. The van der Waals surface area contributed by atoms with Crippen LogP contribution in [0.4, 0.5) is 11.5 Å². The number of nitrogens with one attached hydrogen (secondary N) is 1. The highest BCUT2D eigenvalue weighted by Crippen LogP contribution is 2.31. The van der Waals surface area contributed by atoms with Crippen molar-refractivity contribution in [2.75, 3.05) is 38.5 Å². The van der Waals surface area contributed by atoms with Gasteiger partial charge in [0.1, 0.15) is 17.2 Å². The van der Waals surface area contributed by atoms with Crippen LogP contribution < -0.4 is 5.32 Å². The van der Waals surface area contributed by atoms with E-state index in [0.29, 0.717) is 22.8 Å². The van der Waals surface area contributed by atoms with E-state index in [9.17, 15) is 9.90 Å². The van der Waals surface area contributed by atoms with E-state index in [4.69, 9.17) is 0 Å². The third-order valence-electron chi connectivity index (χ3n) is 6.17. The number of aliphatic hydroxyl groups excluding tert-OH is 1. The molecule has 0 atom stereocenters. The van der Waals surface area contributed by atoms with E-state index in [1.807, 2.05) is 24.4 Å². The second kappa shape index (κ2) is 8.44. The average molecular weight is 409 g/mol. The number of fused-ring (bicyclic) bond motifs is 1.